The van der Waals surface area contributed by atoms with Crippen LogP contribution in [0.5, 0.6) is 11.5 Å². The fraction of sp³-hybridized carbons (Fsp3) is 0.217. The van der Waals surface area contributed by atoms with Gasteiger partial charge in [0.1, 0.15) is 23.2 Å². The van der Waals surface area contributed by atoms with Gasteiger partial charge in [-0.3, -0.25) is 24.3 Å². The van der Waals surface area contributed by atoms with E-state index in [0.29, 0.717) is 29.1 Å². The second kappa shape index (κ2) is 10.5. The van der Waals surface area contributed by atoms with Gasteiger partial charge in [0, 0.05) is 24.7 Å². The van der Waals surface area contributed by atoms with E-state index in [1.807, 2.05) is 0 Å². The van der Waals surface area contributed by atoms with Crippen LogP contribution in [0.3, 0.4) is 0 Å². The molecule has 2 heterocycles. The van der Waals surface area contributed by atoms with E-state index < -0.39 is 4.92 Å². The highest BCUT2D eigenvalue weighted by Crippen LogP contribution is 2.18. The first kappa shape index (κ1) is 23.4. The van der Waals surface area contributed by atoms with E-state index in [0.717, 1.165) is 5.56 Å². The molecule has 0 unspecified atom stereocenters. The van der Waals surface area contributed by atoms with E-state index >= 15 is 0 Å². The Hall–Kier alpha value is -4.74. The molecule has 0 aliphatic rings. The molecule has 0 atom stereocenters. The van der Waals surface area contributed by atoms with Crippen molar-refractivity contribution in [1.82, 2.24) is 24.6 Å². The van der Waals surface area contributed by atoms with E-state index in [2.05, 4.69) is 15.4 Å². The van der Waals surface area contributed by atoms with Crippen molar-refractivity contribution in [2.75, 3.05) is 20.3 Å². The van der Waals surface area contributed by atoms with Crippen molar-refractivity contribution in [1.29, 1.82) is 0 Å². The summed E-state index contributed by atoms with van der Waals surface area (Å²) in [5.74, 6) is 0.849. The maximum atomic E-state index is 12.8. The van der Waals surface area contributed by atoms with Crippen LogP contribution in [0.15, 0.2) is 65.8 Å². The molecule has 2 aromatic carbocycles. The van der Waals surface area contributed by atoms with Gasteiger partial charge in [0.2, 0.25) is 0 Å². The first-order valence-corrected chi connectivity index (χ1v) is 10.6. The lowest BCUT2D eigenvalue weighted by Gasteiger charge is -2.09. The van der Waals surface area contributed by atoms with Gasteiger partial charge in [-0.2, -0.15) is 5.10 Å². The van der Waals surface area contributed by atoms with E-state index in [-0.39, 0.29) is 36.9 Å². The molecule has 1 N–H and O–H groups in total. The lowest BCUT2D eigenvalue weighted by molar-refractivity contribution is -0.384. The molecular weight excluding hydrogens is 456 g/mol. The number of carbonyl (C=O) groups excluding carboxylic acids is 1. The molecule has 0 spiro atoms. The maximum Gasteiger partial charge on any atom is 0.269 e. The number of nitro benzene ring substituents is 1. The summed E-state index contributed by atoms with van der Waals surface area (Å²) >= 11 is 0. The lowest BCUT2D eigenvalue weighted by Crippen LogP contribution is -2.31. The van der Waals surface area contributed by atoms with Crippen LogP contribution in [0.1, 0.15) is 5.56 Å². The Labute approximate surface area is 198 Å². The minimum absolute atomic E-state index is 0.0186. The number of benzene rings is 2. The molecular formula is C23H22N6O6. The number of aromatic nitrogens is 4. The van der Waals surface area contributed by atoms with Crippen molar-refractivity contribution in [3.05, 3.63) is 87.1 Å². The van der Waals surface area contributed by atoms with Gasteiger partial charge in [-0.15, -0.1) is 0 Å². The predicted molar refractivity (Wildman–Crippen MR) is 125 cm³/mol. The fourth-order valence-electron chi connectivity index (χ4n) is 3.39. The number of rotatable bonds is 10. The highest BCUT2D eigenvalue weighted by Gasteiger charge is 2.12. The molecule has 4 rings (SSSR count). The van der Waals surface area contributed by atoms with E-state index in [4.69, 9.17) is 9.47 Å². The average molecular weight is 478 g/mol. The first-order valence-electron chi connectivity index (χ1n) is 10.6. The largest absolute Gasteiger partial charge is 0.497 e. The molecule has 0 radical (unpaired) electrons. The van der Waals surface area contributed by atoms with Crippen molar-refractivity contribution < 1.29 is 19.2 Å². The van der Waals surface area contributed by atoms with Gasteiger partial charge in [0.25, 0.3) is 17.2 Å². The number of fused-ring (bicyclic) bond motifs is 1. The highest BCUT2D eigenvalue weighted by molar-refractivity contribution is 5.77. The second-order valence-electron chi connectivity index (χ2n) is 7.52. The quantitative estimate of drug-likeness (QED) is 0.268. The zero-order chi connectivity index (χ0) is 24.8. The third-order valence-corrected chi connectivity index (χ3v) is 5.18. The number of non-ortho nitro benzene ring substituents is 1. The Balaban J connectivity index is 1.33. The van der Waals surface area contributed by atoms with Crippen molar-refractivity contribution in [2.24, 2.45) is 0 Å². The monoisotopic (exact) mass is 478 g/mol. The van der Waals surface area contributed by atoms with Crippen LogP contribution in [-0.2, 0) is 17.9 Å². The third kappa shape index (κ3) is 5.61. The molecule has 180 valence electrons. The van der Waals surface area contributed by atoms with Gasteiger partial charge < -0.3 is 14.8 Å². The van der Waals surface area contributed by atoms with Gasteiger partial charge >= 0.3 is 0 Å². The number of nitro groups is 1. The molecule has 0 aliphatic carbocycles. The number of nitrogens with zero attached hydrogens (tertiary/aromatic N) is 5. The van der Waals surface area contributed by atoms with Crippen molar-refractivity contribution in [3.63, 3.8) is 0 Å². The van der Waals surface area contributed by atoms with Gasteiger partial charge in [0.05, 0.1) is 31.3 Å². The van der Waals surface area contributed by atoms with Crippen molar-refractivity contribution in [2.45, 2.75) is 13.1 Å². The van der Waals surface area contributed by atoms with Crippen LogP contribution in [-0.4, -0.2) is 50.4 Å². The predicted octanol–water partition coefficient (Wildman–Crippen LogP) is 1.75. The summed E-state index contributed by atoms with van der Waals surface area (Å²) < 4.78 is 13.5. The van der Waals surface area contributed by atoms with Crippen LogP contribution in [0.25, 0.3) is 11.0 Å². The fourth-order valence-corrected chi connectivity index (χ4v) is 3.39. The van der Waals surface area contributed by atoms with E-state index in [1.165, 1.54) is 33.9 Å². The summed E-state index contributed by atoms with van der Waals surface area (Å²) in [4.78, 5) is 39.6. The number of nitrogens with one attached hydrogen (secondary N) is 1. The SMILES string of the molecule is COc1cccc(OCC(=O)NCCn2ncc3c(=O)n(Cc4ccc([N+](=O)[O-])cc4)cnc32)c1. The molecule has 12 nitrogen and oxygen atoms in total. The average Bonchev–Trinajstić information content (AvgIpc) is 3.28. The Kier molecular flexibility index (Phi) is 7.00. The van der Waals surface area contributed by atoms with Gasteiger partial charge in [-0.1, -0.05) is 18.2 Å². The summed E-state index contributed by atoms with van der Waals surface area (Å²) in [5.41, 5.74) is 0.826. The van der Waals surface area contributed by atoms with Crippen LogP contribution >= 0.6 is 0 Å². The Morgan fingerprint density at radius 1 is 1.17 bits per heavy atom. The number of carbonyl (C=O) groups is 1. The minimum atomic E-state index is -0.478. The summed E-state index contributed by atoms with van der Waals surface area (Å²) in [6.07, 6.45) is 2.84. The Morgan fingerprint density at radius 2 is 1.94 bits per heavy atom. The zero-order valence-electron chi connectivity index (χ0n) is 18.8. The molecule has 0 saturated carbocycles. The van der Waals surface area contributed by atoms with Crippen molar-refractivity contribution in [3.8, 4) is 11.5 Å². The molecule has 0 aliphatic heterocycles. The van der Waals surface area contributed by atoms with Crippen LogP contribution in [0.2, 0.25) is 0 Å². The summed E-state index contributed by atoms with van der Waals surface area (Å²) in [5, 5.41) is 18.1. The summed E-state index contributed by atoms with van der Waals surface area (Å²) in [7, 11) is 1.55. The van der Waals surface area contributed by atoms with Gasteiger partial charge in [0.15, 0.2) is 12.3 Å². The molecule has 12 heteroatoms. The second-order valence-corrected chi connectivity index (χ2v) is 7.52. The van der Waals surface area contributed by atoms with E-state index in [9.17, 15) is 19.7 Å². The van der Waals surface area contributed by atoms with Crippen molar-refractivity contribution >= 4 is 22.6 Å². The smallest absolute Gasteiger partial charge is 0.269 e. The number of amides is 1. The summed E-state index contributed by atoms with van der Waals surface area (Å²) in [6.45, 7) is 0.644. The number of ether oxygens (including phenoxy) is 2. The topological polar surface area (TPSA) is 143 Å². The number of hydrogen-bond donors (Lipinski definition) is 1. The first-order chi connectivity index (χ1) is 16.9. The molecule has 4 aromatic rings. The third-order valence-electron chi connectivity index (χ3n) is 5.18. The van der Waals surface area contributed by atoms with Crippen LogP contribution < -0.4 is 20.3 Å². The Morgan fingerprint density at radius 3 is 2.69 bits per heavy atom. The molecule has 35 heavy (non-hydrogen) atoms. The standard InChI is InChI=1S/C23H22N6O6/c1-34-18-3-2-4-19(11-18)35-14-21(30)24-9-10-28-22-20(12-26-28)23(31)27(15-25-22)13-16-5-7-17(8-6-16)29(32)33/h2-8,11-12,15H,9-10,13-14H2,1H3,(H,24,30). The van der Waals surface area contributed by atoms with Gasteiger partial charge in [-0.05, 0) is 17.7 Å². The lowest BCUT2D eigenvalue weighted by atomic mass is 10.2. The number of methoxy groups -OCH3 is 1. The van der Waals surface area contributed by atoms with Gasteiger partial charge in [-0.25, -0.2) is 9.67 Å². The van der Waals surface area contributed by atoms with Crippen LogP contribution in [0.4, 0.5) is 5.69 Å². The molecule has 0 saturated heterocycles. The molecule has 2 aromatic heterocycles. The van der Waals surface area contributed by atoms with Crippen LogP contribution in [0, 0.1) is 10.1 Å². The molecule has 1 amide bonds. The zero-order valence-corrected chi connectivity index (χ0v) is 18.8. The van der Waals surface area contributed by atoms with E-state index in [1.54, 1.807) is 43.5 Å². The maximum absolute atomic E-state index is 12.8. The highest BCUT2D eigenvalue weighted by atomic mass is 16.6. The summed E-state index contributed by atoms with van der Waals surface area (Å²) in [6, 6.07) is 12.9. The Bertz CT molecular complexity index is 1410. The molecule has 0 bridgehead atoms. The molecule has 0 fully saturated rings. The number of hydrogen-bond acceptors (Lipinski definition) is 8. The minimum Gasteiger partial charge on any atom is -0.497 e. The normalized spacial score (nSPS) is 10.8.